The van der Waals surface area contributed by atoms with Gasteiger partial charge >= 0.3 is 5.97 Å². The van der Waals surface area contributed by atoms with E-state index >= 15 is 0 Å². The Morgan fingerprint density at radius 3 is 2.74 bits per heavy atom. The molecule has 2 aromatic rings. The Bertz CT molecular complexity index is 824. The van der Waals surface area contributed by atoms with Gasteiger partial charge in [0.25, 0.3) is 5.91 Å². The van der Waals surface area contributed by atoms with Crippen LogP contribution in [-0.2, 0) is 16.0 Å². The molecule has 0 spiro atoms. The summed E-state index contributed by atoms with van der Waals surface area (Å²) in [4.78, 5) is 26.7. The minimum Gasteiger partial charge on any atom is -0.487 e. The second-order valence-electron chi connectivity index (χ2n) is 6.66. The number of amides is 1. The van der Waals surface area contributed by atoms with Crippen LogP contribution in [0.4, 0.5) is 0 Å². The Kier molecular flexibility index (Phi) is 6.36. The first-order valence-electron chi connectivity index (χ1n) is 8.86. The summed E-state index contributed by atoms with van der Waals surface area (Å²) in [5, 5.41) is 0. The molecule has 1 heterocycles. The zero-order valence-corrected chi connectivity index (χ0v) is 17.5. The number of esters is 1. The number of benzene rings is 2. The molecule has 27 heavy (non-hydrogen) atoms. The van der Waals surface area contributed by atoms with Crippen LogP contribution in [0.2, 0.25) is 0 Å². The van der Waals surface area contributed by atoms with Crippen LogP contribution in [0.1, 0.15) is 29.3 Å². The fourth-order valence-electron chi connectivity index (χ4n) is 3.24. The topological polar surface area (TPSA) is 55.8 Å². The van der Waals surface area contributed by atoms with Gasteiger partial charge in [0.1, 0.15) is 11.9 Å². The number of hydrogen-bond donors (Lipinski definition) is 0. The molecule has 0 bridgehead atoms. The quantitative estimate of drug-likeness (QED) is 0.485. The summed E-state index contributed by atoms with van der Waals surface area (Å²) in [7, 11) is 1.36. The Labute approximate surface area is 172 Å². The van der Waals surface area contributed by atoms with E-state index in [1.165, 1.54) is 7.11 Å². The fraction of sp³-hybridized carbons (Fsp3) is 0.333. The van der Waals surface area contributed by atoms with Gasteiger partial charge in [0.05, 0.1) is 25.6 Å². The maximum absolute atomic E-state index is 13.2. The highest BCUT2D eigenvalue weighted by atomic mass is 127. The van der Waals surface area contributed by atoms with E-state index in [-0.39, 0.29) is 30.4 Å². The normalized spacial score (nSPS) is 17.5. The zero-order valence-electron chi connectivity index (χ0n) is 15.4. The minimum absolute atomic E-state index is 0.115. The molecule has 0 aromatic heterocycles. The van der Waals surface area contributed by atoms with E-state index in [1.54, 1.807) is 4.90 Å². The van der Waals surface area contributed by atoms with Crippen molar-refractivity contribution in [2.45, 2.75) is 31.9 Å². The van der Waals surface area contributed by atoms with Gasteiger partial charge in [0.2, 0.25) is 0 Å². The largest absolute Gasteiger partial charge is 0.487 e. The van der Waals surface area contributed by atoms with Gasteiger partial charge in [-0.25, -0.2) is 0 Å². The smallest absolute Gasteiger partial charge is 0.307 e. The summed E-state index contributed by atoms with van der Waals surface area (Å²) in [5.74, 6) is 0.146. The fourth-order valence-corrected chi connectivity index (χ4v) is 3.74. The number of fused-ring (bicyclic) bond motifs is 1. The third-order valence-corrected chi connectivity index (χ3v) is 5.33. The molecule has 0 N–H and O–H groups in total. The molecule has 1 aliphatic heterocycles. The molecule has 0 radical (unpaired) electrons. The van der Waals surface area contributed by atoms with Crippen molar-refractivity contribution in [2.24, 2.45) is 0 Å². The van der Waals surface area contributed by atoms with Gasteiger partial charge in [0, 0.05) is 16.0 Å². The van der Waals surface area contributed by atoms with Crippen LogP contribution in [0.5, 0.6) is 5.75 Å². The van der Waals surface area contributed by atoms with Gasteiger partial charge in [-0.05, 0) is 53.3 Å². The van der Waals surface area contributed by atoms with Crippen molar-refractivity contribution in [3.8, 4) is 5.75 Å². The molecule has 0 saturated carbocycles. The van der Waals surface area contributed by atoms with Gasteiger partial charge in [0.15, 0.2) is 0 Å². The van der Waals surface area contributed by atoms with Crippen molar-refractivity contribution in [3.05, 3.63) is 63.2 Å². The molecular formula is C21H22INO4. The number of hydrogen-bond acceptors (Lipinski definition) is 4. The lowest BCUT2D eigenvalue weighted by atomic mass is 10.1. The van der Waals surface area contributed by atoms with E-state index in [0.29, 0.717) is 24.3 Å². The molecule has 2 unspecified atom stereocenters. The molecule has 5 nitrogen and oxygen atoms in total. The molecule has 1 aliphatic rings. The Morgan fingerprint density at radius 1 is 1.30 bits per heavy atom. The molecule has 2 aromatic carbocycles. The molecule has 3 rings (SSSR count). The number of halogens is 1. The van der Waals surface area contributed by atoms with E-state index in [2.05, 4.69) is 22.6 Å². The van der Waals surface area contributed by atoms with Gasteiger partial charge in [-0.15, -0.1) is 0 Å². The molecule has 0 saturated heterocycles. The van der Waals surface area contributed by atoms with Crippen LogP contribution < -0.4 is 4.74 Å². The van der Waals surface area contributed by atoms with Gasteiger partial charge < -0.3 is 14.4 Å². The first-order chi connectivity index (χ1) is 13.0. The Balaban J connectivity index is 1.92. The first-order valence-corrected chi connectivity index (χ1v) is 9.93. The van der Waals surface area contributed by atoms with Crippen LogP contribution in [0.3, 0.4) is 0 Å². The third kappa shape index (κ3) is 4.80. The summed E-state index contributed by atoms with van der Waals surface area (Å²) in [6, 6.07) is 15.4. The number of carbonyl (C=O) groups is 2. The van der Waals surface area contributed by atoms with E-state index in [9.17, 15) is 9.59 Å². The highest BCUT2D eigenvalue weighted by molar-refractivity contribution is 14.1. The highest BCUT2D eigenvalue weighted by Crippen LogP contribution is 2.29. The van der Waals surface area contributed by atoms with Crippen molar-refractivity contribution in [2.75, 3.05) is 13.7 Å². The Morgan fingerprint density at radius 2 is 2.04 bits per heavy atom. The maximum Gasteiger partial charge on any atom is 0.307 e. The van der Waals surface area contributed by atoms with Crippen LogP contribution in [-0.4, -0.2) is 42.6 Å². The van der Waals surface area contributed by atoms with Crippen molar-refractivity contribution in [3.63, 3.8) is 0 Å². The van der Waals surface area contributed by atoms with Crippen LogP contribution in [0, 0.1) is 3.57 Å². The van der Waals surface area contributed by atoms with E-state index in [0.717, 1.165) is 9.13 Å². The number of ether oxygens (including phenoxy) is 2. The summed E-state index contributed by atoms with van der Waals surface area (Å²) in [6.45, 7) is 2.28. The van der Waals surface area contributed by atoms with E-state index in [1.807, 2.05) is 55.5 Å². The van der Waals surface area contributed by atoms with Crippen molar-refractivity contribution in [1.29, 1.82) is 0 Å². The summed E-state index contributed by atoms with van der Waals surface area (Å²) < 4.78 is 12.0. The minimum atomic E-state index is -0.331. The molecule has 1 amide bonds. The molecule has 6 heteroatoms. The number of nitrogens with zero attached hydrogens (tertiary/aromatic N) is 1. The van der Waals surface area contributed by atoms with Crippen LogP contribution >= 0.6 is 22.6 Å². The SMILES string of the molecule is COC(=O)CC(C)N1CC(Cc2ccccc2)Oc2ccc(I)cc2C1=O. The average Bonchev–Trinajstić information content (AvgIpc) is 2.79. The van der Waals surface area contributed by atoms with Gasteiger partial charge in [-0.1, -0.05) is 30.3 Å². The van der Waals surface area contributed by atoms with E-state index < -0.39 is 0 Å². The number of rotatable bonds is 5. The van der Waals surface area contributed by atoms with Crippen LogP contribution in [0.15, 0.2) is 48.5 Å². The predicted molar refractivity (Wildman–Crippen MR) is 111 cm³/mol. The van der Waals surface area contributed by atoms with E-state index in [4.69, 9.17) is 9.47 Å². The lowest BCUT2D eigenvalue weighted by Gasteiger charge is -2.29. The highest BCUT2D eigenvalue weighted by Gasteiger charge is 2.32. The van der Waals surface area contributed by atoms with Crippen molar-refractivity contribution >= 4 is 34.5 Å². The third-order valence-electron chi connectivity index (χ3n) is 4.65. The average molecular weight is 479 g/mol. The second-order valence-corrected chi connectivity index (χ2v) is 7.90. The van der Waals surface area contributed by atoms with Crippen molar-refractivity contribution < 1.29 is 19.1 Å². The monoisotopic (exact) mass is 479 g/mol. The maximum atomic E-state index is 13.2. The lowest BCUT2D eigenvalue weighted by molar-refractivity contribution is -0.141. The lowest BCUT2D eigenvalue weighted by Crippen LogP contribution is -2.44. The summed E-state index contributed by atoms with van der Waals surface area (Å²) in [6.07, 6.45) is 0.637. The van der Waals surface area contributed by atoms with Crippen LogP contribution in [0.25, 0.3) is 0 Å². The molecule has 2 atom stereocenters. The predicted octanol–water partition coefficient (Wildman–Crippen LogP) is 3.69. The summed E-state index contributed by atoms with van der Waals surface area (Å²) >= 11 is 2.18. The molecular weight excluding hydrogens is 457 g/mol. The number of methoxy groups -OCH3 is 1. The van der Waals surface area contributed by atoms with Gasteiger partial charge in [-0.2, -0.15) is 0 Å². The second kappa shape index (κ2) is 8.73. The standard InChI is InChI=1S/C21H22INO4/c1-14(10-20(24)26-2)23-13-17(11-15-6-4-3-5-7-15)27-19-9-8-16(22)12-18(19)21(23)25/h3-9,12,14,17H,10-11,13H2,1-2H3. The number of carbonyl (C=O) groups excluding carboxylic acids is 2. The van der Waals surface area contributed by atoms with Crippen molar-refractivity contribution in [1.82, 2.24) is 4.90 Å². The molecule has 0 aliphatic carbocycles. The summed E-state index contributed by atoms with van der Waals surface area (Å²) in [5.41, 5.74) is 1.68. The molecule has 0 fully saturated rings. The molecule has 142 valence electrons. The first kappa shape index (κ1) is 19.7. The zero-order chi connectivity index (χ0) is 19.4. The van der Waals surface area contributed by atoms with Gasteiger partial charge in [-0.3, -0.25) is 9.59 Å². The Hall–Kier alpha value is -2.09.